The predicted octanol–water partition coefficient (Wildman–Crippen LogP) is 3.26. The SMILES string of the molecule is COc1ccc(OC)c(C(=O)NC2C3CC4CC(C3)CC2C4)c1. The van der Waals surface area contributed by atoms with Crippen molar-refractivity contribution in [1.82, 2.24) is 5.32 Å². The molecule has 0 atom stereocenters. The molecule has 4 heteroatoms. The second-order valence-corrected chi connectivity index (χ2v) is 7.50. The summed E-state index contributed by atoms with van der Waals surface area (Å²) in [7, 11) is 3.21. The first-order chi connectivity index (χ1) is 11.2. The van der Waals surface area contributed by atoms with Crippen molar-refractivity contribution in [2.24, 2.45) is 23.7 Å². The number of methoxy groups -OCH3 is 2. The van der Waals surface area contributed by atoms with E-state index in [2.05, 4.69) is 5.32 Å². The van der Waals surface area contributed by atoms with Crippen LogP contribution in [0.3, 0.4) is 0 Å². The van der Waals surface area contributed by atoms with Crippen molar-refractivity contribution >= 4 is 5.91 Å². The summed E-state index contributed by atoms with van der Waals surface area (Å²) in [6, 6.07) is 5.72. The molecular weight excluding hydrogens is 290 g/mol. The van der Waals surface area contributed by atoms with Crippen molar-refractivity contribution in [2.75, 3.05) is 14.2 Å². The monoisotopic (exact) mass is 315 g/mol. The molecule has 4 nitrogen and oxygen atoms in total. The van der Waals surface area contributed by atoms with Gasteiger partial charge in [-0.3, -0.25) is 4.79 Å². The van der Waals surface area contributed by atoms with E-state index in [1.807, 2.05) is 6.07 Å². The van der Waals surface area contributed by atoms with Gasteiger partial charge in [0.1, 0.15) is 11.5 Å². The lowest BCUT2D eigenvalue weighted by Crippen LogP contribution is -2.55. The van der Waals surface area contributed by atoms with Crippen molar-refractivity contribution in [2.45, 2.75) is 38.1 Å². The molecule has 0 saturated heterocycles. The number of hydrogen-bond acceptors (Lipinski definition) is 3. The zero-order valence-electron chi connectivity index (χ0n) is 13.9. The molecule has 1 aromatic rings. The van der Waals surface area contributed by atoms with Gasteiger partial charge in [0.15, 0.2) is 0 Å². The van der Waals surface area contributed by atoms with E-state index in [1.54, 1.807) is 26.4 Å². The Hall–Kier alpha value is -1.71. The number of benzene rings is 1. The smallest absolute Gasteiger partial charge is 0.255 e. The molecule has 124 valence electrons. The van der Waals surface area contributed by atoms with Gasteiger partial charge in [-0.25, -0.2) is 0 Å². The van der Waals surface area contributed by atoms with Crippen LogP contribution in [0.5, 0.6) is 11.5 Å². The van der Waals surface area contributed by atoms with Crippen molar-refractivity contribution in [3.8, 4) is 11.5 Å². The van der Waals surface area contributed by atoms with Crippen LogP contribution in [0.25, 0.3) is 0 Å². The highest BCUT2D eigenvalue weighted by Gasteiger charge is 2.48. The number of nitrogens with one attached hydrogen (secondary N) is 1. The maximum absolute atomic E-state index is 12.8. The average molecular weight is 315 g/mol. The van der Waals surface area contributed by atoms with Crippen LogP contribution >= 0.6 is 0 Å². The highest BCUT2D eigenvalue weighted by molar-refractivity contribution is 5.97. The van der Waals surface area contributed by atoms with Gasteiger partial charge in [-0.2, -0.15) is 0 Å². The zero-order valence-corrected chi connectivity index (χ0v) is 13.9. The number of rotatable bonds is 4. The van der Waals surface area contributed by atoms with E-state index in [1.165, 1.54) is 32.1 Å². The van der Waals surface area contributed by atoms with Gasteiger partial charge < -0.3 is 14.8 Å². The lowest BCUT2D eigenvalue weighted by atomic mass is 9.54. The molecule has 4 aliphatic carbocycles. The Morgan fingerprint density at radius 3 is 2.22 bits per heavy atom. The minimum absolute atomic E-state index is 0.0294. The molecular formula is C19H25NO3. The van der Waals surface area contributed by atoms with Crippen LogP contribution in [0, 0.1) is 23.7 Å². The fraction of sp³-hybridized carbons (Fsp3) is 0.632. The van der Waals surface area contributed by atoms with Gasteiger partial charge in [0, 0.05) is 6.04 Å². The van der Waals surface area contributed by atoms with Crippen LogP contribution in [0.2, 0.25) is 0 Å². The third-order valence-electron chi connectivity index (χ3n) is 6.18. The van der Waals surface area contributed by atoms with E-state index < -0.39 is 0 Å². The minimum Gasteiger partial charge on any atom is -0.497 e. The third-order valence-corrected chi connectivity index (χ3v) is 6.18. The number of ether oxygens (including phenoxy) is 2. The maximum atomic E-state index is 12.8. The molecule has 1 aromatic carbocycles. The highest BCUT2D eigenvalue weighted by Crippen LogP contribution is 2.53. The first-order valence-electron chi connectivity index (χ1n) is 8.70. The third kappa shape index (κ3) is 2.58. The van der Waals surface area contributed by atoms with Crippen molar-refractivity contribution in [1.29, 1.82) is 0 Å². The minimum atomic E-state index is -0.0294. The normalized spacial score (nSPS) is 34.3. The van der Waals surface area contributed by atoms with Gasteiger partial charge in [0.05, 0.1) is 19.8 Å². The van der Waals surface area contributed by atoms with Crippen molar-refractivity contribution < 1.29 is 14.3 Å². The summed E-state index contributed by atoms with van der Waals surface area (Å²) in [5.74, 6) is 4.43. The number of carbonyl (C=O) groups is 1. The van der Waals surface area contributed by atoms with Gasteiger partial charge in [0.25, 0.3) is 5.91 Å². The molecule has 0 heterocycles. The summed E-state index contributed by atoms with van der Waals surface area (Å²) in [5, 5.41) is 3.33. The van der Waals surface area contributed by atoms with Crippen LogP contribution in [-0.4, -0.2) is 26.2 Å². The summed E-state index contributed by atoms with van der Waals surface area (Å²) in [4.78, 5) is 12.8. The molecule has 1 amide bonds. The summed E-state index contributed by atoms with van der Waals surface area (Å²) in [5.41, 5.74) is 0.570. The Bertz CT molecular complexity index is 585. The highest BCUT2D eigenvalue weighted by atomic mass is 16.5. The van der Waals surface area contributed by atoms with E-state index in [0.29, 0.717) is 34.9 Å². The molecule has 1 N–H and O–H groups in total. The second kappa shape index (κ2) is 5.73. The summed E-state index contributed by atoms with van der Waals surface area (Å²) >= 11 is 0. The number of hydrogen-bond donors (Lipinski definition) is 1. The lowest BCUT2D eigenvalue weighted by molar-refractivity contribution is -0.0119. The molecule has 4 fully saturated rings. The van der Waals surface area contributed by atoms with E-state index >= 15 is 0 Å². The second-order valence-electron chi connectivity index (χ2n) is 7.50. The molecule has 0 aromatic heterocycles. The number of carbonyl (C=O) groups excluding carboxylic acids is 1. The molecule has 4 bridgehead atoms. The quantitative estimate of drug-likeness (QED) is 0.928. The van der Waals surface area contributed by atoms with Crippen LogP contribution in [0.4, 0.5) is 0 Å². The Kier molecular flexibility index (Phi) is 3.70. The Balaban J connectivity index is 1.54. The van der Waals surface area contributed by atoms with Gasteiger partial charge >= 0.3 is 0 Å². The van der Waals surface area contributed by atoms with Gasteiger partial charge in [-0.15, -0.1) is 0 Å². The number of amides is 1. The summed E-state index contributed by atoms with van der Waals surface area (Å²) in [6.07, 6.45) is 6.62. The van der Waals surface area contributed by atoms with Crippen LogP contribution in [0.15, 0.2) is 18.2 Å². The van der Waals surface area contributed by atoms with Crippen LogP contribution in [0.1, 0.15) is 42.5 Å². The average Bonchev–Trinajstić information content (AvgIpc) is 2.56. The maximum Gasteiger partial charge on any atom is 0.255 e. The molecule has 23 heavy (non-hydrogen) atoms. The molecule has 5 rings (SSSR count). The van der Waals surface area contributed by atoms with E-state index in [4.69, 9.17) is 9.47 Å². The Labute approximate surface area is 137 Å². The van der Waals surface area contributed by atoms with Crippen molar-refractivity contribution in [3.05, 3.63) is 23.8 Å². The zero-order chi connectivity index (χ0) is 16.0. The Morgan fingerprint density at radius 2 is 1.65 bits per heavy atom. The lowest BCUT2D eigenvalue weighted by Gasteiger charge is -2.54. The van der Waals surface area contributed by atoms with E-state index in [9.17, 15) is 4.79 Å². The van der Waals surface area contributed by atoms with Gasteiger partial charge in [-0.1, -0.05) is 0 Å². The summed E-state index contributed by atoms with van der Waals surface area (Å²) in [6.45, 7) is 0. The van der Waals surface area contributed by atoms with Crippen molar-refractivity contribution in [3.63, 3.8) is 0 Å². The Morgan fingerprint density at radius 1 is 1.00 bits per heavy atom. The van der Waals surface area contributed by atoms with E-state index in [0.717, 1.165) is 11.8 Å². The van der Waals surface area contributed by atoms with Crippen LogP contribution in [-0.2, 0) is 0 Å². The fourth-order valence-corrected chi connectivity index (χ4v) is 5.38. The molecule has 0 radical (unpaired) electrons. The van der Waals surface area contributed by atoms with Gasteiger partial charge in [0.2, 0.25) is 0 Å². The van der Waals surface area contributed by atoms with E-state index in [-0.39, 0.29) is 5.91 Å². The molecule has 4 saturated carbocycles. The summed E-state index contributed by atoms with van der Waals surface area (Å²) < 4.78 is 10.6. The molecule has 0 unspecified atom stereocenters. The topological polar surface area (TPSA) is 47.6 Å². The first-order valence-corrected chi connectivity index (χ1v) is 8.70. The molecule has 0 aliphatic heterocycles. The fourth-order valence-electron chi connectivity index (χ4n) is 5.38. The molecule has 0 spiro atoms. The predicted molar refractivity (Wildman–Crippen MR) is 87.8 cm³/mol. The van der Waals surface area contributed by atoms with Gasteiger partial charge in [-0.05, 0) is 74.0 Å². The first kappa shape index (κ1) is 14.9. The standard InChI is InChI=1S/C19H25NO3/c1-22-15-3-4-17(23-2)16(10-15)19(21)20-18-13-6-11-5-12(8-13)9-14(18)7-11/h3-4,10-14,18H,5-9H2,1-2H3,(H,20,21). The molecule has 4 aliphatic rings. The largest absolute Gasteiger partial charge is 0.497 e. The van der Waals surface area contributed by atoms with Crippen LogP contribution < -0.4 is 14.8 Å².